The molecule has 0 aliphatic carbocycles. The van der Waals surface area contributed by atoms with Gasteiger partial charge in [-0.25, -0.2) is 4.79 Å². The van der Waals surface area contributed by atoms with Crippen LogP contribution in [-0.4, -0.2) is 46.8 Å². The van der Waals surface area contributed by atoms with Gasteiger partial charge in [0.2, 0.25) is 0 Å². The number of likely N-dealkylation sites (N-methyl/N-ethyl adjacent to an activating group) is 1. The largest absolute Gasteiger partial charge is 0.451 e. The average Bonchev–Trinajstić information content (AvgIpc) is 3.27. The molecule has 0 atom stereocenters. The molecule has 2 aromatic heterocycles. The third-order valence-corrected chi connectivity index (χ3v) is 5.90. The number of hydrogen-bond acceptors (Lipinski definition) is 6. The first-order valence-corrected chi connectivity index (χ1v) is 10.1. The van der Waals surface area contributed by atoms with E-state index in [-0.39, 0.29) is 18.9 Å². The molecule has 0 N–H and O–H groups in total. The van der Waals surface area contributed by atoms with Crippen LogP contribution in [-0.2, 0) is 16.1 Å². The van der Waals surface area contributed by atoms with Crippen LogP contribution >= 0.6 is 22.9 Å². The number of benzene rings is 1. The summed E-state index contributed by atoms with van der Waals surface area (Å²) < 4.78 is 6.97. The number of rotatable bonds is 7. The van der Waals surface area contributed by atoms with Crippen molar-refractivity contribution in [1.29, 1.82) is 5.26 Å². The Kier molecular flexibility index (Phi) is 6.52. The van der Waals surface area contributed by atoms with Gasteiger partial charge in [0.15, 0.2) is 6.61 Å². The van der Waals surface area contributed by atoms with Crippen LogP contribution in [0.3, 0.4) is 0 Å². The Morgan fingerprint density at radius 1 is 1.38 bits per heavy atom. The molecule has 9 heteroatoms. The summed E-state index contributed by atoms with van der Waals surface area (Å²) in [6.07, 6.45) is 0.230. The Morgan fingerprint density at radius 3 is 2.86 bits per heavy atom. The number of halogens is 1. The monoisotopic (exact) mass is 430 g/mol. The van der Waals surface area contributed by atoms with Gasteiger partial charge in [-0.05, 0) is 24.6 Å². The maximum atomic E-state index is 12.4. The Balaban J connectivity index is 1.73. The van der Waals surface area contributed by atoms with Crippen molar-refractivity contribution < 1.29 is 14.3 Å². The second-order valence-electron chi connectivity index (χ2n) is 6.46. The molecule has 1 aromatic carbocycles. The lowest BCUT2D eigenvalue weighted by molar-refractivity contribution is -0.133. The number of carbonyl (C=O) groups is 2. The lowest BCUT2D eigenvalue weighted by Gasteiger charge is -2.14. The van der Waals surface area contributed by atoms with Crippen LogP contribution in [0.5, 0.6) is 0 Å². The first kappa shape index (κ1) is 20.8. The molecule has 0 aliphatic heterocycles. The number of thiophene rings is 1. The molecule has 0 bridgehead atoms. The van der Waals surface area contributed by atoms with Crippen LogP contribution < -0.4 is 0 Å². The smallest absolute Gasteiger partial charge is 0.348 e. The highest BCUT2D eigenvalue weighted by molar-refractivity contribution is 7.20. The highest BCUT2D eigenvalue weighted by Crippen LogP contribution is 2.30. The van der Waals surface area contributed by atoms with Crippen molar-refractivity contribution in [1.82, 2.24) is 14.7 Å². The molecule has 0 saturated carbocycles. The fourth-order valence-electron chi connectivity index (χ4n) is 2.76. The van der Waals surface area contributed by atoms with Gasteiger partial charge in [0.25, 0.3) is 5.91 Å². The number of carbonyl (C=O) groups excluding carboxylic acids is 2. The van der Waals surface area contributed by atoms with Crippen LogP contribution in [0.2, 0.25) is 5.02 Å². The summed E-state index contributed by atoms with van der Waals surface area (Å²) in [7, 11) is 1.57. The second-order valence-corrected chi connectivity index (χ2v) is 7.90. The van der Waals surface area contributed by atoms with Gasteiger partial charge >= 0.3 is 5.97 Å². The van der Waals surface area contributed by atoms with Crippen molar-refractivity contribution in [2.75, 3.05) is 20.2 Å². The number of aromatic nitrogens is 2. The summed E-state index contributed by atoms with van der Waals surface area (Å²) in [6, 6.07) is 11.2. The molecule has 29 heavy (non-hydrogen) atoms. The molecule has 0 saturated heterocycles. The predicted octanol–water partition coefficient (Wildman–Crippen LogP) is 3.64. The zero-order valence-corrected chi connectivity index (χ0v) is 17.6. The van der Waals surface area contributed by atoms with Gasteiger partial charge < -0.3 is 9.64 Å². The quantitative estimate of drug-likeness (QED) is 0.534. The van der Waals surface area contributed by atoms with E-state index >= 15 is 0 Å². The molecular formula is C20H19ClN4O3S. The van der Waals surface area contributed by atoms with E-state index in [9.17, 15) is 9.59 Å². The molecule has 0 fully saturated rings. The highest BCUT2D eigenvalue weighted by atomic mass is 35.5. The van der Waals surface area contributed by atoms with Crippen LogP contribution in [0.1, 0.15) is 27.3 Å². The zero-order valence-electron chi connectivity index (χ0n) is 16.0. The van der Waals surface area contributed by atoms with Crippen molar-refractivity contribution in [3.8, 4) is 6.07 Å². The van der Waals surface area contributed by atoms with Gasteiger partial charge in [0.1, 0.15) is 9.71 Å². The number of nitriles is 1. The lowest BCUT2D eigenvalue weighted by atomic mass is 10.2. The maximum absolute atomic E-state index is 12.4. The third kappa shape index (κ3) is 4.75. The van der Waals surface area contributed by atoms with Crippen molar-refractivity contribution in [2.45, 2.75) is 19.9 Å². The third-order valence-electron chi connectivity index (χ3n) is 4.40. The Hall–Kier alpha value is -2.89. The van der Waals surface area contributed by atoms with Gasteiger partial charge in [0, 0.05) is 24.0 Å². The van der Waals surface area contributed by atoms with E-state index in [1.165, 1.54) is 16.2 Å². The van der Waals surface area contributed by atoms with Crippen LogP contribution in [0.25, 0.3) is 10.2 Å². The summed E-state index contributed by atoms with van der Waals surface area (Å²) in [6.45, 7) is 2.30. The standard InChI is InChI=1S/C20H19ClN4O3S/c1-13-15-10-17(20(27)28-12-18(26)24(2)9-5-8-22)29-19(15)25(23-13)11-14-6-3-4-7-16(14)21/h3-4,6-7,10H,5,9,11-12H2,1-2H3. The second kappa shape index (κ2) is 9.07. The lowest BCUT2D eigenvalue weighted by Crippen LogP contribution is -2.31. The molecular weight excluding hydrogens is 412 g/mol. The normalized spacial score (nSPS) is 10.7. The van der Waals surface area contributed by atoms with Crippen molar-refractivity contribution >= 4 is 45.0 Å². The van der Waals surface area contributed by atoms with Crippen LogP contribution in [0.15, 0.2) is 30.3 Å². The van der Waals surface area contributed by atoms with E-state index in [0.29, 0.717) is 23.0 Å². The minimum absolute atomic E-state index is 0.230. The van der Waals surface area contributed by atoms with E-state index < -0.39 is 5.97 Å². The number of nitrogens with zero attached hydrogens (tertiary/aromatic N) is 4. The zero-order chi connectivity index (χ0) is 21.0. The molecule has 2 heterocycles. The number of aryl methyl sites for hydroxylation is 1. The van der Waals surface area contributed by atoms with Gasteiger partial charge in [-0.1, -0.05) is 29.8 Å². The molecule has 3 rings (SSSR count). The molecule has 0 unspecified atom stereocenters. The Bertz CT molecular complexity index is 1100. The number of fused-ring (bicyclic) bond motifs is 1. The van der Waals surface area contributed by atoms with Crippen LogP contribution in [0.4, 0.5) is 0 Å². The summed E-state index contributed by atoms with van der Waals surface area (Å²) >= 11 is 7.52. The molecule has 0 spiro atoms. The number of hydrogen-bond donors (Lipinski definition) is 0. The van der Waals surface area contributed by atoms with E-state index in [2.05, 4.69) is 5.10 Å². The Morgan fingerprint density at radius 2 is 2.14 bits per heavy atom. The van der Waals surface area contributed by atoms with Gasteiger partial charge in [-0.2, -0.15) is 10.4 Å². The minimum Gasteiger partial charge on any atom is -0.451 e. The molecule has 3 aromatic rings. The fraction of sp³-hybridized carbons (Fsp3) is 0.300. The highest BCUT2D eigenvalue weighted by Gasteiger charge is 2.19. The number of amides is 1. The summed E-state index contributed by atoms with van der Waals surface area (Å²) in [5, 5.41) is 14.6. The average molecular weight is 431 g/mol. The van der Waals surface area contributed by atoms with E-state index in [1.807, 2.05) is 41.9 Å². The molecule has 7 nitrogen and oxygen atoms in total. The number of ether oxygens (including phenoxy) is 1. The number of esters is 1. The van der Waals surface area contributed by atoms with Crippen molar-refractivity contribution in [2.24, 2.45) is 0 Å². The summed E-state index contributed by atoms with van der Waals surface area (Å²) in [5.74, 6) is -0.910. The summed E-state index contributed by atoms with van der Waals surface area (Å²) in [5.41, 5.74) is 1.73. The molecule has 0 radical (unpaired) electrons. The van der Waals surface area contributed by atoms with Gasteiger partial charge in [-0.3, -0.25) is 9.48 Å². The molecule has 0 aliphatic rings. The first-order valence-electron chi connectivity index (χ1n) is 8.89. The van der Waals surface area contributed by atoms with E-state index in [0.717, 1.165) is 21.5 Å². The SMILES string of the molecule is Cc1nn(Cc2ccccc2Cl)c2sc(C(=O)OCC(=O)N(C)CCC#N)cc12. The Labute approximate surface area is 177 Å². The topological polar surface area (TPSA) is 88.2 Å². The molecule has 150 valence electrons. The van der Waals surface area contributed by atoms with Gasteiger partial charge in [-0.15, -0.1) is 11.3 Å². The van der Waals surface area contributed by atoms with E-state index in [4.69, 9.17) is 21.6 Å². The van der Waals surface area contributed by atoms with Crippen molar-refractivity contribution in [3.63, 3.8) is 0 Å². The predicted molar refractivity (Wildman–Crippen MR) is 111 cm³/mol. The van der Waals surface area contributed by atoms with Crippen molar-refractivity contribution in [3.05, 3.63) is 51.5 Å². The summed E-state index contributed by atoms with van der Waals surface area (Å²) in [4.78, 5) is 27.0. The maximum Gasteiger partial charge on any atom is 0.348 e. The minimum atomic E-state index is -0.558. The fourth-order valence-corrected chi connectivity index (χ4v) is 4.01. The van der Waals surface area contributed by atoms with E-state index in [1.54, 1.807) is 13.1 Å². The van der Waals surface area contributed by atoms with Crippen LogP contribution in [0, 0.1) is 18.3 Å². The molecule has 1 amide bonds. The van der Waals surface area contributed by atoms with Gasteiger partial charge in [0.05, 0.1) is 24.7 Å². The first-order chi connectivity index (χ1) is 13.9.